The lowest BCUT2D eigenvalue weighted by atomic mass is 9.98. The van der Waals surface area contributed by atoms with Crippen molar-refractivity contribution in [3.8, 4) is 17.2 Å². The molecule has 3 rings (SSSR count). The largest absolute Gasteiger partial charge is 0.487 e. The molecule has 0 bridgehead atoms. The highest BCUT2D eigenvalue weighted by molar-refractivity contribution is 5.83. The summed E-state index contributed by atoms with van der Waals surface area (Å²) in [6.45, 7) is 8.56. The first-order valence-corrected chi connectivity index (χ1v) is 10.2. The number of nitrogens with zero attached hydrogens (tertiary/aromatic N) is 2. The molecule has 5 nitrogen and oxygen atoms in total. The highest BCUT2D eigenvalue weighted by Gasteiger charge is 2.14. The number of benzene rings is 1. The summed E-state index contributed by atoms with van der Waals surface area (Å²) in [5.41, 5.74) is 4.51. The first-order chi connectivity index (χ1) is 14.0. The Morgan fingerprint density at radius 3 is 2.55 bits per heavy atom. The van der Waals surface area contributed by atoms with Gasteiger partial charge in [-0.15, -0.1) is 0 Å². The topological polar surface area (TPSA) is 72.0 Å². The zero-order valence-electron chi connectivity index (χ0n) is 17.7. The lowest BCUT2D eigenvalue weighted by molar-refractivity contribution is 0.301. The molecule has 0 aliphatic carbocycles. The van der Waals surface area contributed by atoms with Gasteiger partial charge in [0, 0.05) is 17.0 Å². The minimum atomic E-state index is 0.323. The smallest absolute Gasteiger partial charge is 0.226 e. The lowest BCUT2D eigenvalue weighted by Gasteiger charge is -2.09. The van der Waals surface area contributed by atoms with Crippen LogP contribution in [0.5, 0.6) is 5.75 Å². The Morgan fingerprint density at radius 2 is 1.86 bits per heavy atom. The summed E-state index contributed by atoms with van der Waals surface area (Å²) >= 11 is 0. The van der Waals surface area contributed by atoms with Crippen LogP contribution in [0, 0.1) is 25.2 Å². The standard InChI is InChI=1S/C24H29N3O2/c1-5-16(2)22(25)13-14-23-18(4)29-24(27-23)19-9-11-21(12-10-19)28-15-20-8-6-7-17(3)26-20/h6-12,16,25H,5,13-15H2,1-4H3/t16-/m1/s1. The van der Waals surface area contributed by atoms with Gasteiger partial charge in [-0.25, -0.2) is 4.98 Å². The van der Waals surface area contributed by atoms with Gasteiger partial charge in [0.25, 0.3) is 0 Å². The van der Waals surface area contributed by atoms with Gasteiger partial charge in [-0.3, -0.25) is 4.98 Å². The number of aromatic nitrogens is 2. The molecule has 0 spiro atoms. The second-order valence-electron chi connectivity index (χ2n) is 7.44. The summed E-state index contributed by atoms with van der Waals surface area (Å²) in [5, 5.41) is 8.15. The van der Waals surface area contributed by atoms with Gasteiger partial charge in [0.05, 0.1) is 11.4 Å². The van der Waals surface area contributed by atoms with Crippen molar-refractivity contribution >= 4 is 5.71 Å². The van der Waals surface area contributed by atoms with Gasteiger partial charge in [-0.05, 0) is 75.4 Å². The Morgan fingerprint density at radius 1 is 1.10 bits per heavy atom. The number of nitrogens with one attached hydrogen (secondary N) is 1. The van der Waals surface area contributed by atoms with Crippen molar-refractivity contribution in [3.63, 3.8) is 0 Å². The van der Waals surface area contributed by atoms with E-state index in [0.717, 1.165) is 59.1 Å². The van der Waals surface area contributed by atoms with Crippen molar-refractivity contribution in [2.24, 2.45) is 5.92 Å². The zero-order chi connectivity index (χ0) is 20.8. The number of pyridine rings is 1. The van der Waals surface area contributed by atoms with E-state index in [9.17, 15) is 0 Å². The maximum absolute atomic E-state index is 8.15. The molecule has 0 fully saturated rings. The van der Waals surface area contributed by atoms with Crippen molar-refractivity contribution in [1.29, 1.82) is 5.41 Å². The molecule has 0 saturated carbocycles. The summed E-state index contributed by atoms with van der Waals surface area (Å²) < 4.78 is 11.7. The summed E-state index contributed by atoms with van der Waals surface area (Å²) in [4.78, 5) is 9.10. The molecule has 29 heavy (non-hydrogen) atoms. The molecule has 2 heterocycles. The van der Waals surface area contributed by atoms with Gasteiger partial charge < -0.3 is 14.6 Å². The van der Waals surface area contributed by atoms with Gasteiger partial charge in [-0.1, -0.05) is 19.9 Å². The molecule has 0 unspecified atom stereocenters. The Kier molecular flexibility index (Phi) is 6.81. The van der Waals surface area contributed by atoms with E-state index < -0.39 is 0 Å². The number of ether oxygens (including phenoxy) is 1. The van der Waals surface area contributed by atoms with Crippen LogP contribution in [0.3, 0.4) is 0 Å². The fourth-order valence-electron chi connectivity index (χ4n) is 3.06. The quantitative estimate of drug-likeness (QED) is 0.459. The summed E-state index contributed by atoms with van der Waals surface area (Å²) in [7, 11) is 0. The fraction of sp³-hybridized carbons (Fsp3) is 0.375. The van der Waals surface area contributed by atoms with E-state index in [1.165, 1.54) is 0 Å². The van der Waals surface area contributed by atoms with Crippen LogP contribution in [-0.4, -0.2) is 15.7 Å². The van der Waals surface area contributed by atoms with Crippen LogP contribution in [0.25, 0.3) is 11.5 Å². The third kappa shape index (κ3) is 5.53. The minimum absolute atomic E-state index is 0.323. The third-order valence-electron chi connectivity index (χ3n) is 5.17. The average molecular weight is 392 g/mol. The molecule has 1 atom stereocenters. The predicted octanol–water partition coefficient (Wildman–Crippen LogP) is 5.93. The average Bonchev–Trinajstić information content (AvgIpc) is 3.10. The van der Waals surface area contributed by atoms with Gasteiger partial charge in [0.1, 0.15) is 18.1 Å². The molecule has 0 saturated heterocycles. The Hall–Kier alpha value is -2.95. The van der Waals surface area contributed by atoms with E-state index in [4.69, 9.17) is 14.6 Å². The first kappa shape index (κ1) is 20.8. The summed E-state index contributed by atoms with van der Waals surface area (Å²) in [6.07, 6.45) is 2.46. The molecule has 3 aromatic rings. The SMILES string of the molecule is CC[C@@H](C)C(=N)CCc1nc(-c2ccc(OCc3cccc(C)n3)cc2)oc1C. The second kappa shape index (κ2) is 9.50. The molecule has 0 aliphatic rings. The molecule has 0 radical (unpaired) electrons. The molecule has 0 aliphatic heterocycles. The van der Waals surface area contributed by atoms with E-state index >= 15 is 0 Å². The molecule has 0 amide bonds. The van der Waals surface area contributed by atoms with Crippen molar-refractivity contribution in [2.45, 2.75) is 53.6 Å². The van der Waals surface area contributed by atoms with Gasteiger partial charge >= 0.3 is 0 Å². The van der Waals surface area contributed by atoms with Crippen LogP contribution >= 0.6 is 0 Å². The molecular formula is C24H29N3O2. The molecule has 1 aromatic carbocycles. The number of hydrogen-bond acceptors (Lipinski definition) is 5. The molecule has 5 heteroatoms. The highest BCUT2D eigenvalue weighted by atomic mass is 16.5. The van der Waals surface area contributed by atoms with Gasteiger partial charge in [0.15, 0.2) is 0 Å². The van der Waals surface area contributed by atoms with Crippen molar-refractivity contribution in [3.05, 3.63) is 65.3 Å². The van der Waals surface area contributed by atoms with Crippen LogP contribution in [0.15, 0.2) is 46.9 Å². The Labute approximate surface area is 172 Å². The number of aryl methyl sites for hydroxylation is 3. The van der Waals surface area contributed by atoms with E-state index in [1.54, 1.807) is 0 Å². The molecule has 2 aromatic heterocycles. The fourth-order valence-corrected chi connectivity index (χ4v) is 3.06. The van der Waals surface area contributed by atoms with E-state index in [0.29, 0.717) is 18.4 Å². The zero-order valence-corrected chi connectivity index (χ0v) is 17.7. The Balaban J connectivity index is 1.61. The molecule has 152 valence electrons. The minimum Gasteiger partial charge on any atom is -0.487 e. The number of rotatable bonds is 9. The van der Waals surface area contributed by atoms with Crippen LogP contribution < -0.4 is 4.74 Å². The van der Waals surface area contributed by atoms with Crippen molar-refractivity contribution in [1.82, 2.24) is 9.97 Å². The van der Waals surface area contributed by atoms with Crippen LogP contribution in [0.2, 0.25) is 0 Å². The number of oxazole rings is 1. The van der Waals surface area contributed by atoms with E-state index in [2.05, 4.69) is 23.8 Å². The number of hydrogen-bond donors (Lipinski definition) is 1. The maximum atomic E-state index is 8.15. The lowest BCUT2D eigenvalue weighted by Crippen LogP contribution is -2.10. The molecule has 1 N–H and O–H groups in total. The molecular weight excluding hydrogens is 362 g/mol. The van der Waals surface area contributed by atoms with Gasteiger partial charge in [-0.2, -0.15) is 0 Å². The first-order valence-electron chi connectivity index (χ1n) is 10.2. The maximum Gasteiger partial charge on any atom is 0.226 e. The van der Waals surface area contributed by atoms with Crippen LogP contribution in [-0.2, 0) is 13.0 Å². The van der Waals surface area contributed by atoms with E-state index in [1.807, 2.05) is 56.3 Å². The summed E-state index contributed by atoms with van der Waals surface area (Å²) in [5.74, 6) is 2.54. The summed E-state index contributed by atoms with van der Waals surface area (Å²) in [6, 6.07) is 13.7. The van der Waals surface area contributed by atoms with Crippen molar-refractivity contribution in [2.75, 3.05) is 0 Å². The van der Waals surface area contributed by atoms with E-state index in [-0.39, 0.29) is 0 Å². The third-order valence-corrected chi connectivity index (χ3v) is 5.17. The van der Waals surface area contributed by atoms with Crippen molar-refractivity contribution < 1.29 is 9.15 Å². The van der Waals surface area contributed by atoms with Crippen LogP contribution in [0.4, 0.5) is 0 Å². The predicted molar refractivity (Wildman–Crippen MR) is 115 cm³/mol. The normalized spacial score (nSPS) is 12.0. The Bertz CT molecular complexity index is 961. The highest BCUT2D eigenvalue weighted by Crippen LogP contribution is 2.25. The second-order valence-corrected chi connectivity index (χ2v) is 7.44. The van der Waals surface area contributed by atoms with Crippen LogP contribution in [0.1, 0.15) is 49.5 Å². The van der Waals surface area contributed by atoms with Gasteiger partial charge in [0.2, 0.25) is 5.89 Å². The monoisotopic (exact) mass is 391 g/mol.